The lowest BCUT2D eigenvalue weighted by molar-refractivity contribution is 0.376. The molecule has 0 bridgehead atoms. The van der Waals surface area contributed by atoms with Crippen LogP contribution in [-0.4, -0.2) is 25.1 Å². The fourth-order valence-electron chi connectivity index (χ4n) is 2.56. The summed E-state index contributed by atoms with van der Waals surface area (Å²) in [6.45, 7) is 2.24. The number of hydrogen-bond acceptors (Lipinski definition) is 5. The van der Waals surface area contributed by atoms with Gasteiger partial charge in [0.1, 0.15) is 0 Å². The van der Waals surface area contributed by atoms with Gasteiger partial charge in [0.25, 0.3) is 0 Å². The van der Waals surface area contributed by atoms with Crippen LogP contribution in [0, 0.1) is 6.92 Å². The third-order valence-corrected chi connectivity index (χ3v) is 5.33. The Morgan fingerprint density at radius 1 is 1.04 bits per heavy atom. The quantitative estimate of drug-likeness (QED) is 0.615. The van der Waals surface area contributed by atoms with Crippen LogP contribution in [0.15, 0.2) is 59.1 Å². The van der Waals surface area contributed by atoms with Crippen molar-refractivity contribution in [1.29, 1.82) is 0 Å². The van der Waals surface area contributed by atoms with Gasteiger partial charge in [0.05, 0.1) is 5.75 Å². The SMILES string of the molecule is Cc1ccccc1CS(=O)(=O)NCCCc1nc(-c2ccccc2)no1. The highest BCUT2D eigenvalue weighted by atomic mass is 32.2. The normalized spacial score (nSPS) is 11.6. The van der Waals surface area contributed by atoms with Gasteiger partial charge in [0, 0.05) is 18.5 Å². The number of benzene rings is 2. The van der Waals surface area contributed by atoms with Crippen molar-refractivity contribution in [3.05, 3.63) is 71.6 Å². The molecular formula is C19H21N3O3S. The zero-order chi connectivity index (χ0) is 18.4. The fourth-order valence-corrected chi connectivity index (χ4v) is 3.85. The summed E-state index contributed by atoms with van der Waals surface area (Å²) in [4.78, 5) is 4.34. The standard InChI is InChI=1S/C19H21N3O3S/c1-15-8-5-6-11-17(15)14-26(23,24)20-13-7-12-18-21-19(22-25-18)16-9-3-2-4-10-16/h2-6,8-11,20H,7,12-14H2,1H3. The van der Waals surface area contributed by atoms with E-state index in [4.69, 9.17) is 4.52 Å². The van der Waals surface area contributed by atoms with E-state index in [1.54, 1.807) is 0 Å². The highest BCUT2D eigenvalue weighted by molar-refractivity contribution is 7.88. The van der Waals surface area contributed by atoms with Crippen LogP contribution in [-0.2, 0) is 22.2 Å². The summed E-state index contributed by atoms with van der Waals surface area (Å²) >= 11 is 0. The van der Waals surface area contributed by atoms with Crippen LogP contribution in [0.2, 0.25) is 0 Å². The lowest BCUT2D eigenvalue weighted by Crippen LogP contribution is -2.26. The third kappa shape index (κ3) is 5.00. The van der Waals surface area contributed by atoms with Gasteiger partial charge in [-0.15, -0.1) is 0 Å². The second kappa shape index (κ2) is 8.25. The van der Waals surface area contributed by atoms with Gasteiger partial charge in [-0.05, 0) is 24.5 Å². The minimum absolute atomic E-state index is 0.0155. The minimum Gasteiger partial charge on any atom is -0.339 e. The Bertz CT molecular complexity index is 953. The second-order valence-electron chi connectivity index (χ2n) is 6.06. The Balaban J connectivity index is 1.48. The zero-order valence-electron chi connectivity index (χ0n) is 14.6. The molecule has 7 heteroatoms. The Kier molecular flexibility index (Phi) is 5.80. The Morgan fingerprint density at radius 3 is 2.54 bits per heavy atom. The largest absolute Gasteiger partial charge is 0.339 e. The fraction of sp³-hybridized carbons (Fsp3) is 0.263. The van der Waals surface area contributed by atoms with E-state index in [0.29, 0.717) is 31.1 Å². The number of hydrogen-bond donors (Lipinski definition) is 1. The van der Waals surface area contributed by atoms with Crippen LogP contribution >= 0.6 is 0 Å². The molecule has 0 aliphatic carbocycles. The molecule has 0 atom stereocenters. The summed E-state index contributed by atoms with van der Waals surface area (Å²) in [6, 6.07) is 17.0. The van der Waals surface area contributed by atoms with Crippen molar-refractivity contribution in [2.24, 2.45) is 0 Å². The average molecular weight is 371 g/mol. The maximum Gasteiger partial charge on any atom is 0.227 e. The van der Waals surface area contributed by atoms with Crippen molar-refractivity contribution in [3.63, 3.8) is 0 Å². The van der Waals surface area contributed by atoms with Crippen LogP contribution < -0.4 is 4.72 Å². The van der Waals surface area contributed by atoms with Gasteiger partial charge in [0.2, 0.25) is 21.7 Å². The summed E-state index contributed by atoms with van der Waals surface area (Å²) < 4.78 is 32.2. The van der Waals surface area contributed by atoms with Gasteiger partial charge in [-0.25, -0.2) is 13.1 Å². The molecule has 3 aromatic rings. The lowest BCUT2D eigenvalue weighted by Gasteiger charge is -2.08. The zero-order valence-corrected chi connectivity index (χ0v) is 15.4. The average Bonchev–Trinajstić information content (AvgIpc) is 3.10. The number of aromatic nitrogens is 2. The number of aryl methyl sites for hydroxylation is 2. The molecule has 0 saturated heterocycles. The van der Waals surface area contributed by atoms with Crippen LogP contribution in [0.3, 0.4) is 0 Å². The highest BCUT2D eigenvalue weighted by Crippen LogP contribution is 2.15. The van der Waals surface area contributed by atoms with Gasteiger partial charge in [-0.2, -0.15) is 4.98 Å². The predicted molar refractivity (Wildman–Crippen MR) is 99.9 cm³/mol. The predicted octanol–water partition coefficient (Wildman–Crippen LogP) is 3.10. The summed E-state index contributed by atoms with van der Waals surface area (Å²) in [5, 5.41) is 3.95. The van der Waals surface area contributed by atoms with Gasteiger partial charge >= 0.3 is 0 Å². The van der Waals surface area contributed by atoms with Crippen molar-refractivity contribution in [1.82, 2.24) is 14.9 Å². The van der Waals surface area contributed by atoms with E-state index in [-0.39, 0.29) is 5.75 Å². The molecule has 1 heterocycles. The highest BCUT2D eigenvalue weighted by Gasteiger charge is 2.13. The second-order valence-corrected chi connectivity index (χ2v) is 7.87. The molecule has 1 N–H and O–H groups in total. The first-order valence-corrected chi connectivity index (χ1v) is 10.1. The summed E-state index contributed by atoms with van der Waals surface area (Å²) in [5.41, 5.74) is 2.67. The van der Waals surface area contributed by atoms with Crippen molar-refractivity contribution in [3.8, 4) is 11.4 Å². The summed E-state index contributed by atoms with van der Waals surface area (Å²) in [7, 11) is -3.37. The smallest absolute Gasteiger partial charge is 0.227 e. The molecule has 0 aliphatic rings. The van der Waals surface area contributed by atoms with E-state index in [1.165, 1.54) is 0 Å². The lowest BCUT2D eigenvalue weighted by atomic mass is 10.1. The molecule has 0 amide bonds. The first kappa shape index (κ1) is 18.3. The molecule has 3 rings (SSSR count). The van der Waals surface area contributed by atoms with Crippen LogP contribution in [0.1, 0.15) is 23.4 Å². The van der Waals surface area contributed by atoms with E-state index in [2.05, 4.69) is 14.9 Å². The Morgan fingerprint density at radius 2 is 1.77 bits per heavy atom. The van der Waals surface area contributed by atoms with Crippen molar-refractivity contribution in [2.45, 2.75) is 25.5 Å². The van der Waals surface area contributed by atoms with E-state index in [9.17, 15) is 8.42 Å². The van der Waals surface area contributed by atoms with E-state index >= 15 is 0 Å². The molecule has 6 nitrogen and oxygen atoms in total. The molecule has 0 saturated carbocycles. The number of rotatable bonds is 8. The maximum atomic E-state index is 12.2. The molecule has 2 aromatic carbocycles. The van der Waals surface area contributed by atoms with E-state index in [0.717, 1.165) is 16.7 Å². The van der Waals surface area contributed by atoms with E-state index < -0.39 is 10.0 Å². The molecule has 1 aromatic heterocycles. The topological polar surface area (TPSA) is 85.1 Å². The van der Waals surface area contributed by atoms with E-state index in [1.807, 2.05) is 61.5 Å². The van der Waals surface area contributed by atoms with Gasteiger partial charge in [-0.1, -0.05) is 59.8 Å². The summed E-state index contributed by atoms with van der Waals surface area (Å²) in [5.74, 6) is 1.03. The van der Waals surface area contributed by atoms with Gasteiger partial charge in [-0.3, -0.25) is 0 Å². The number of nitrogens with zero attached hydrogens (tertiary/aromatic N) is 2. The van der Waals surface area contributed by atoms with Gasteiger partial charge < -0.3 is 4.52 Å². The molecular weight excluding hydrogens is 350 g/mol. The molecule has 0 spiro atoms. The number of sulfonamides is 1. The first-order chi connectivity index (χ1) is 12.5. The van der Waals surface area contributed by atoms with Crippen LogP contribution in [0.5, 0.6) is 0 Å². The third-order valence-electron chi connectivity index (χ3n) is 4.00. The van der Waals surface area contributed by atoms with Crippen LogP contribution in [0.25, 0.3) is 11.4 Å². The molecule has 0 aliphatic heterocycles. The van der Waals surface area contributed by atoms with Gasteiger partial charge in [0.15, 0.2) is 0 Å². The molecule has 0 radical (unpaired) electrons. The molecule has 26 heavy (non-hydrogen) atoms. The maximum absolute atomic E-state index is 12.2. The Labute approximate surface area is 153 Å². The number of nitrogens with one attached hydrogen (secondary N) is 1. The molecule has 0 unspecified atom stereocenters. The van der Waals surface area contributed by atoms with Crippen molar-refractivity contribution < 1.29 is 12.9 Å². The van der Waals surface area contributed by atoms with Crippen molar-refractivity contribution in [2.75, 3.05) is 6.54 Å². The minimum atomic E-state index is -3.37. The summed E-state index contributed by atoms with van der Waals surface area (Å²) in [6.07, 6.45) is 1.11. The molecule has 0 fully saturated rings. The monoisotopic (exact) mass is 371 g/mol. The molecule has 136 valence electrons. The first-order valence-electron chi connectivity index (χ1n) is 8.43. The van der Waals surface area contributed by atoms with Crippen molar-refractivity contribution >= 4 is 10.0 Å². The van der Waals surface area contributed by atoms with Crippen LogP contribution in [0.4, 0.5) is 0 Å². The Hall–Kier alpha value is -2.51.